The van der Waals surface area contributed by atoms with Crippen molar-refractivity contribution in [3.05, 3.63) is 12.2 Å². The van der Waals surface area contributed by atoms with Crippen molar-refractivity contribution in [2.24, 2.45) is 16.7 Å². The second-order valence-electron chi connectivity index (χ2n) is 7.22. The Morgan fingerprint density at radius 2 is 1.52 bits per heavy atom. The van der Waals surface area contributed by atoms with Crippen LogP contribution in [0.2, 0.25) is 0 Å². The zero-order valence-electron chi connectivity index (χ0n) is 14.8. The summed E-state index contributed by atoms with van der Waals surface area (Å²) in [7, 11) is 0. The highest BCUT2D eigenvalue weighted by atomic mass is 16.4. The molecule has 2 N–H and O–H groups in total. The molecule has 1 aliphatic rings. The number of hydrogen-bond donors (Lipinski definition) is 2. The maximum Gasteiger partial charge on any atom is 0.311 e. The van der Waals surface area contributed by atoms with Crippen LogP contribution in [-0.4, -0.2) is 22.2 Å². The van der Waals surface area contributed by atoms with Gasteiger partial charge < -0.3 is 10.2 Å². The van der Waals surface area contributed by atoms with Crippen molar-refractivity contribution in [1.29, 1.82) is 0 Å². The molecular formula is C19H32O4. The number of allylic oxidation sites excluding steroid dienone is 2. The highest BCUT2D eigenvalue weighted by molar-refractivity contribution is 5.87. The fraction of sp³-hybridized carbons (Fsp3) is 0.789. The van der Waals surface area contributed by atoms with Gasteiger partial charge in [0.25, 0.3) is 0 Å². The van der Waals surface area contributed by atoms with Crippen LogP contribution in [0.3, 0.4) is 0 Å². The standard InChI is InChI=1S/C19H32O4/c1-4-5-6-7-8-9-12-18(16(20)21)13-10-11-14-19(18,15(2)3)17(22)23/h10-11,15H,4-9,12-14H2,1-3H3,(H,20,21)(H,22,23). The summed E-state index contributed by atoms with van der Waals surface area (Å²) in [5.41, 5.74) is -2.40. The molecule has 1 rings (SSSR count). The lowest BCUT2D eigenvalue weighted by molar-refractivity contribution is -0.181. The average Bonchev–Trinajstić information content (AvgIpc) is 2.50. The number of carboxylic acids is 2. The van der Waals surface area contributed by atoms with Crippen LogP contribution in [0.1, 0.15) is 78.6 Å². The van der Waals surface area contributed by atoms with E-state index in [9.17, 15) is 19.8 Å². The summed E-state index contributed by atoms with van der Waals surface area (Å²) in [6.45, 7) is 5.84. The minimum atomic E-state index is -1.21. The SMILES string of the molecule is CCCCCCCCC1(C(=O)O)CC=CCC1(C(=O)O)C(C)C. The van der Waals surface area contributed by atoms with Crippen LogP contribution in [0.15, 0.2) is 12.2 Å². The normalized spacial score (nSPS) is 27.3. The van der Waals surface area contributed by atoms with Gasteiger partial charge in [-0.15, -0.1) is 0 Å². The van der Waals surface area contributed by atoms with Gasteiger partial charge in [-0.05, 0) is 25.2 Å². The molecule has 0 saturated heterocycles. The highest BCUT2D eigenvalue weighted by Gasteiger charge is 2.62. The lowest BCUT2D eigenvalue weighted by atomic mass is 9.51. The number of carbonyl (C=O) groups is 2. The quantitative estimate of drug-likeness (QED) is 0.443. The van der Waals surface area contributed by atoms with Gasteiger partial charge in [0, 0.05) is 0 Å². The number of unbranched alkanes of at least 4 members (excludes halogenated alkanes) is 5. The van der Waals surface area contributed by atoms with Gasteiger partial charge in [-0.3, -0.25) is 9.59 Å². The van der Waals surface area contributed by atoms with Gasteiger partial charge in [0.1, 0.15) is 0 Å². The largest absolute Gasteiger partial charge is 0.481 e. The molecule has 2 atom stereocenters. The molecule has 0 aromatic carbocycles. The molecular weight excluding hydrogens is 292 g/mol. The van der Waals surface area contributed by atoms with E-state index in [2.05, 4.69) is 6.92 Å². The number of carboxylic acid groups (broad SMARTS) is 2. The van der Waals surface area contributed by atoms with Gasteiger partial charge >= 0.3 is 11.9 Å². The zero-order chi connectivity index (χ0) is 17.5. The first kappa shape index (κ1) is 19.7. The summed E-state index contributed by atoms with van der Waals surface area (Å²) in [5.74, 6) is -2.14. The smallest absolute Gasteiger partial charge is 0.311 e. The molecule has 0 spiro atoms. The zero-order valence-corrected chi connectivity index (χ0v) is 14.8. The van der Waals surface area contributed by atoms with Crippen LogP contribution in [0.4, 0.5) is 0 Å². The Bertz CT molecular complexity index is 441. The fourth-order valence-corrected chi connectivity index (χ4v) is 4.18. The van der Waals surface area contributed by atoms with Crippen LogP contribution in [0, 0.1) is 16.7 Å². The van der Waals surface area contributed by atoms with Crippen LogP contribution in [0.25, 0.3) is 0 Å². The van der Waals surface area contributed by atoms with E-state index in [4.69, 9.17) is 0 Å². The molecule has 0 heterocycles. The summed E-state index contributed by atoms with van der Waals surface area (Å²) in [4.78, 5) is 24.3. The maximum absolute atomic E-state index is 12.2. The molecule has 0 fully saturated rings. The molecule has 2 unspecified atom stereocenters. The Kier molecular flexibility index (Phi) is 7.30. The minimum absolute atomic E-state index is 0.221. The van der Waals surface area contributed by atoms with Crippen molar-refractivity contribution in [2.45, 2.75) is 78.6 Å². The second-order valence-corrected chi connectivity index (χ2v) is 7.22. The molecule has 0 bridgehead atoms. The van der Waals surface area contributed by atoms with Gasteiger partial charge in [-0.2, -0.15) is 0 Å². The lowest BCUT2D eigenvalue weighted by Gasteiger charge is -2.49. The molecule has 4 heteroatoms. The predicted octanol–water partition coefficient (Wildman–Crippen LogP) is 4.89. The molecule has 23 heavy (non-hydrogen) atoms. The summed E-state index contributed by atoms with van der Waals surface area (Å²) >= 11 is 0. The third kappa shape index (κ3) is 3.78. The van der Waals surface area contributed by atoms with Gasteiger partial charge in [0.15, 0.2) is 0 Å². The molecule has 0 amide bonds. The lowest BCUT2D eigenvalue weighted by Crippen LogP contribution is -2.56. The highest BCUT2D eigenvalue weighted by Crippen LogP contribution is 2.56. The van der Waals surface area contributed by atoms with E-state index in [0.717, 1.165) is 19.3 Å². The van der Waals surface area contributed by atoms with E-state index >= 15 is 0 Å². The number of hydrogen-bond acceptors (Lipinski definition) is 2. The third-order valence-corrected chi connectivity index (χ3v) is 5.66. The summed E-state index contributed by atoms with van der Waals surface area (Å²) in [6, 6.07) is 0. The first-order valence-electron chi connectivity index (χ1n) is 8.97. The minimum Gasteiger partial charge on any atom is -0.481 e. The summed E-state index contributed by atoms with van der Waals surface area (Å²) in [5, 5.41) is 19.9. The van der Waals surface area contributed by atoms with E-state index in [1.165, 1.54) is 19.3 Å². The molecule has 0 saturated carbocycles. The molecule has 1 aliphatic carbocycles. The predicted molar refractivity (Wildman–Crippen MR) is 91.3 cm³/mol. The van der Waals surface area contributed by atoms with Crippen molar-refractivity contribution < 1.29 is 19.8 Å². The van der Waals surface area contributed by atoms with Crippen molar-refractivity contribution in [3.63, 3.8) is 0 Å². The van der Waals surface area contributed by atoms with E-state index in [-0.39, 0.29) is 5.92 Å². The van der Waals surface area contributed by atoms with Crippen LogP contribution < -0.4 is 0 Å². The summed E-state index contributed by atoms with van der Waals surface area (Å²) in [6.07, 6.45) is 11.2. The number of aliphatic carboxylic acids is 2. The molecule has 0 aromatic rings. The second kappa shape index (κ2) is 8.51. The topological polar surface area (TPSA) is 74.6 Å². The van der Waals surface area contributed by atoms with E-state index in [0.29, 0.717) is 19.3 Å². The van der Waals surface area contributed by atoms with Crippen molar-refractivity contribution in [1.82, 2.24) is 0 Å². The Balaban J connectivity index is 2.97. The van der Waals surface area contributed by atoms with Crippen molar-refractivity contribution in [2.75, 3.05) is 0 Å². The molecule has 0 radical (unpaired) electrons. The maximum atomic E-state index is 12.2. The molecule has 132 valence electrons. The first-order valence-corrected chi connectivity index (χ1v) is 8.97. The van der Waals surface area contributed by atoms with Crippen LogP contribution in [0.5, 0.6) is 0 Å². The fourth-order valence-electron chi connectivity index (χ4n) is 4.18. The van der Waals surface area contributed by atoms with Crippen molar-refractivity contribution >= 4 is 11.9 Å². The first-order chi connectivity index (χ1) is 10.8. The Morgan fingerprint density at radius 1 is 0.957 bits per heavy atom. The third-order valence-electron chi connectivity index (χ3n) is 5.66. The van der Waals surface area contributed by atoms with Crippen LogP contribution >= 0.6 is 0 Å². The van der Waals surface area contributed by atoms with Crippen LogP contribution in [-0.2, 0) is 9.59 Å². The Morgan fingerprint density at radius 3 is 2.04 bits per heavy atom. The molecule has 0 aliphatic heterocycles. The van der Waals surface area contributed by atoms with Crippen molar-refractivity contribution in [3.8, 4) is 0 Å². The van der Waals surface area contributed by atoms with E-state index in [1.54, 1.807) is 0 Å². The summed E-state index contributed by atoms with van der Waals surface area (Å²) < 4.78 is 0. The van der Waals surface area contributed by atoms with E-state index < -0.39 is 22.8 Å². The van der Waals surface area contributed by atoms with Gasteiger partial charge in [-0.25, -0.2) is 0 Å². The Labute approximate surface area is 140 Å². The van der Waals surface area contributed by atoms with Gasteiger partial charge in [0.05, 0.1) is 10.8 Å². The Hall–Kier alpha value is -1.32. The monoisotopic (exact) mass is 324 g/mol. The van der Waals surface area contributed by atoms with Gasteiger partial charge in [0.2, 0.25) is 0 Å². The average molecular weight is 324 g/mol. The molecule has 4 nitrogen and oxygen atoms in total. The molecule has 0 aromatic heterocycles. The number of rotatable bonds is 10. The van der Waals surface area contributed by atoms with Gasteiger partial charge in [-0.1, -0.05) is 71.4 Å². The van der Waals surface area contributed by atoms with E-state index in [1.807, 2.05) is 26.0 Å².